The Morgan fingerprint density at radius 3 is 2.47 bits per heavy atom. The van der Waals surface area contributed by atoms with E-state index in [2.05, 4.69) is 10.2 Å². The monoisotopic (exact) mass is 470 g/mol. The standard InChI is InChI=1S/C23H26N4O3S2/c1-3-26(4-2)32(29,30)21-12-8-9-17(15-21)22-24-25-23(31-20-14-13-19(28)16-20)27(22)18-10-6-5-7-11-18/h5-12,15,20H,3-4,13-14,16H2,1-2H3/t20-/m1/s1. The number of nitrogens with zero attached hydrogens (tertiary/aromatic N) is 4. The minimum absolute atomic E-state index is 0.177. The summed E-state index contributed by atoms with van der Waals surface area (Å²) in [5, 5.41) is 9.73. The number of para-hydroxylation sites is 1. The molecule has 0 unspecified atom stereocenters. The highest BCUT2D eigenvalue weighted by molar-refractivity contribution is 7.99. The van der Waals surface area contributed by atoms with Crippen LogP contribution in [0.1, 0.15) is 33.1 Å². The predicted molar refractivity (Wildman–Crippen MR) is 125 cm³/mol. The molecular weight excluding hydrogens is 444 g/mol. The maximum Gasteiger partial charge on any atom is 0.243 e. The van der Waals surface area contributed by atoms with Gasteiger partial charge in [-0.1, -0.05) is 55.9 Å². The maximum atomic E-state index is 13.0. The Morgan fingerprint density at radius 2 is 1.81 bits per heavy atom. The van der Waals surface area contributed by atoms with Crippen LogP contribution in [0.5, 0.6) is 0 Å². The Kier molecular flexibility index (Phi) is 6.78. The molecule has 0 bridgehead atoms. The number of hydrogen-bond acceptors (Lipinski definition) is 6. The molecule has 1 saturated carbocycles. The van der Waals surface area contributed by atoms with E-state index >= 15 is 0 Å². The summed E-state index contributed by atoms with van der Waals surface area (Å²) in [4.78, 5) is 12.0. The van der Waals surface area contributed by atoms with Crippen LogP contribution in [-0.2, 0) is 14.8 Å². The second-order valence-corrected chi connectivity index (χ2v) is 10.8. The molecule has 0 radical (unpaired) electrons. The SMILES string of the molecule is CCN(CC)S(=O)(=O)c1cccc(-c2nnc(S[C@@H]3CCC(=O)C3)n2-c2ccccc2)c1. The molecule has 0 amide bonds. The second-order valence-electron chi connectivity index (χ2n) is 7.62. The summed E-state index contributed by atoms with van der Waals surface area (Å²) in [6.07, 6.45) is 1.98. The van der Waals surface area contributed by atoms with E-state index in [1.807, 2.05) is 54.8 Å². The third-order valence-electron chi connectivity index (χ3n) is 5.56. The van der Waals surface area contributed by atoms with Crippen molar-refractivity contribution < 1.29 is 13.2 Å². The van der Waals surface area contributed by atoms with E-state index in [9.17, 15) is 13.2 Å². The van der Waals surface area contributed by atoms with Gasteiger partial charge in [0, 0.05) is 42.4 Å². The van der Waals surface area contributed by atoms with E-state index in [-0.39, 0.29) is 15.9 Å². The molecule has 32 heavy (non-hydrogen) atoms. The van der Waals surface area contributed by atoms with Crippen molar-refractivity contribution in [3.8, 4) is 17.1 Å². The van der Waals surface area contributed by atoms with Crippen molar-refractivity contribution in [3.05, 3.63) is 54.6 Å². The summed E-state index contributed by atoms with van der Waals surface area (Å²) < 4.78 is 29.5. The van der Waals surface area contributed by atoms with E-state index in [0.717, 1.165) is 12.1 Å². The van der Waals surface area contributed by atoms with Gasteiger partial charge < -0.3 is 0 Å². The average Bonchev–Trinajstić information content (AvgIpc) is 3.41. The van der Waals surface area contributed by atoms with Crippen LogP contribution in [0, 0.1) is 0 Å². The van der Waals surface area contributed by atoms with Crippen LogP contribution in [0.4, 0.5) is 0 Å². The van der Waals surface area contributed by atoms with E-state index in [0.29, 0.717) is 42.5 Å². The van der Waals surface area contributed by atoms with E-state index in [1.165, 1.54) is 4.31 Å². The minimum atomic E-state index is -3.59. The molecule has 2 aromatic carbocycles. The van der Waals surface area contributed by atoms with Crippen LogP contribution in [-0.4, -0.2) is 51.6 Å². The lowest BCUT2D eigenvalue weighted by atomic mass is 10.2. The maximum absolute atomic E-state index is 13.0. The Hall–Kier alpha value is -2.49. The highest BCUT2D eigenvalue weighted by Crippen LogP contribution is 2.36. The zero-order chi connectivity index (χ0) is 22.7. The second kappa shape index (κ2) is 9.56. The summed E-state index contributed by atoms with van der Waals surface area (Å²) in [6.45, 7) is 4.47. The molecule has 0 spiro atoms. The van der Waals surface area contributed by atoms with Crippen molar-refractivity contribution >= 4 is 27.6 Å². The Bertz CT molecular complexity index is 1200. The van der Waals surface area contributed by atoms with Gasteiger partial charge in [0.1, 0.15) is 5.78 Å². The Morgan fingerprint density at radius 1 is 1.06 bits per heavy atom. The highest BCUT2D eigenvalue weighted by atomic mass is 32.2. The highest BCUT2D eigenvalue weighted by Gasteiger charge is 2.27. The molecule has 3 aromatic rings. The van der Waals surface area contributed by atoms with Crippen molar-refractivity contribution in [1.82, 2.24) is 19.1 Å². The van der Waals surface area contributed by atoms with Crippen LogP contribution in [0.25, 0.3) is 17.1 Å². The lowest BCUT2D eigenvalue weighted by Crippen LogP contribution is -2.30. The van der Waals surface area contributed by atoms with Gasteiger partial charge in [-0.05, 0) is 30.7 Å². The van der Waals surface area contributed by atoms with Crippen molar-refractivity contribution in [2.24, 2.45) is 0 Å². The van der Waals surface area contributed by atoms with Crippen molar-refractivity contribution in [1.29, 1.82) is 0 Å². The van der Waals surface area contributed by atoms with Gasteiger partial charge in [-0.3, -0.25) is 9.36 Å². The molecule has 1 aliphatic carbocycles. The van der Waals surface area contributed by atoms with Gasteiger partial charge >= 0.3 is 0 Å². The fourth-order valence-electron chi connectivity index (χ4n) is 3.88. The number of sulfonamides is 1. The van der Waals surface area contributed by atoms with Crippen molar-refractivity contribution in [3.63, 3.8) is 0 Å². The third-order valence-corrected chi connectivity index (χ3v) is 8.81. The van der Waals surface area contributed by atoms with Gasteiger partial charge in [-0.25, -0.2) is 8.42 Å². The van der Waals surface area contributed by atoms with Gasteiger partial charge in [0.15, 0.2) is 11.0 Å². The molecule has 1 atom stereocenters. The van der Waals surface area contributed by atoms with Gasteiger partial charge in [0.2, 0.25) is 10.0 Å². The summed E-state index contributed by atoms with van der Waals surface area (Å²) in [5.74, 6) is 0.849. The third kappa shape index (κ3) is 4.51. The first-order valence-electron chi connectivity index (χ1n) is 10.7. The Labute approximate surface area is 192 Å². The van der Waals surface area contributed by atoms with Gasteiger partial charge in [0.25, 0.3) is 0 Å². The molecule has 9 heteroatoms. The molecule has 0 N–H and O–H groups in total. The van der Waals surface area contributed by atoms with Crippen LogP contribution < -0.4 is 0 Å². The van der Waals surface area contributed by atoms with Crippen molar-refractivity contribution in [2.75, 3.05) is 13.1 Å². The molecule has 4 rings (SSSR count). The van der Waals surface area contributed by atoms with Crippen LogP contribution in [0.2, 0.25) is 0 Å². The number of Topliss-reactive ketones (excluding diaryl/α,β-unsaturated/α-hetero) is 1. The van der Waals surface area contributed by atoms with Gasteiger partial charge in [-0.2, -0.15) is 4.31 Å². The molecule has 7 nitrogen and oxygen atoms in total. The fraction of sp³-hybridized carbons (Fsp3) is 0.348. The van der Waals surface area contributed by atoms with Gasteiger partial charge in [-0.15, -0.1) is 10.2 Å². The number of hydrogen-bond donors (Lipinski definition) is 0. The smallest absolute Gasteiger partial charge is 0.243 e. The largest absolute Gasteiger partial charge is 0.300 e. The molecule has 1 aromatic heterocycles. The molecule has 1 aliphatic rings. The lowest BCUT2D eigenvalue weighted by Gasteiger charge is -2.19. The molecule has 1 fully saturated rings. The minimum Gasteiger partial charge on any atom is -0.300 e. The summed E-state index contributed by atoms with van der Waals surface area (Å²) in [5.41, 5.74) is 1.56. The summed E-state index contributed by atoms with van der Waals surface area (Å²) in [7, 11) is -3.59. The quantitative estimate of drug-likeness (QED) is 0.491. The zero-order valence-corrected chi connectivity index (χ0v) is 19.8. The number of ketones is 1. The predicted octanol–water partition coefficient (Wildman–Crippen LogP) is 4.18. The number of thioether (sulfide) groups is 1. The number of carbonyl (C=O) groups excluding carboxylic acids is 1. The first-order chi connectivity index (χ1) is 15.4. The van der Waals surface area contributed by atoms with Crippen molar-refractivity contribution in [2.45, 2.75) is 48.4 Å². The summed E-state index contributed by atoms with van der Waals surface area (Å²) >= 11 is 1.56. The first-order valence-corrected chi connectivity index (χ1v) is 13.1. The number of carbonyl (C=O) groups is 1. The molecule has 0 aliphatic heterocycles. The van der Waals surface area contributed by atoms with E-state index in [1.54, 1.807) is 30.0 Å². The molecule has 0 saturated heterocycles. The van der Waals surface area contributed by atoms with Crippen LogP contribution in [0.15, 0.2) is 64.6 Å². The number of aromatic nitrogens is 3. The van der Waals surface area contributed by atoms with Gasteiger partial charge in [0.05, 0.1) is 4.90 Å². The number of benzene rings is 2. The summed E-state index contributed by atoms with van der Waals surface area (Å²) in [6, 6.07) is 16.6. The number of rotatable bonds is 8. The Balaban J connectivity index is 1.78. The van der Waals surface area contributed by atoms with E-state index < -0.39 is 10.0 Å². The average molecular weight is 471 g/mol. The first kappa shape index (κ1) is 22.7. The lowest BCUT2D eigenvalue weighted by molar-refractivity contribution is -0.117. The zero-order valence-electron chi connectivity index (χ0n) is 18.1. The molecular formula is C23H26N4O3S2. The molecule has 1 heterocycles. The normalized spacial score (nSPS) is 16.7. The fourth-order valence-corrected chi connectivity index (χ4v) is 6.57. The topological polar surface area (TPSA) is 85.2 Å². The van der Waals surface area contributed by atoms with Crippen LogP contribution >= 0.6 is 11.8 Å². The molecule has 168 valence electrons. The van der Waals surface area contributed by atoms with Crippen LogP contribution in [0.3, 0.4) is 0 Å². The van der Waals surface area contributed by atoms with E-state index in [4.69, 9.17) is 0 Å².